The molecular formula is C42H27NO2. The molecule has 9 aromatic rings. The summed E-state index contributed by atoms with van der Waals surface area (Å²) >= 11 is 0. The highest BCUT2D eigenvalue weighted by molar-refractivity contribution is 6.12. The van der Waals surface area contributed by atoms with Gasteiger partial charge in [0.05, 0.1) is 0 Å². The molecule has 3 heteroatoms. The van der Waals surface area contributed by atoms with Gasteiger partial charge in [0, 0.05) is 44.2 Å². The molecule has 0 spiro atoms. The Hall–Kier alpha value is -6.06. The molecule has 0 aliphatic heterocycles. The van der Waals surface area contributed by atoms with Gasteiger partial charge in [0.15, 0.2) is 0 Å². The second-order valence-corrected chi connectivity index (χ2v) is 11.4. The quantitative estimate of drug-likeness (QED) is 0.204. The smallest absolute Gasteiger partial charge is 0.143 e. The fourth-order valence-corrected chi connectivity index (χ4v) is 6.50. The van der Waals surface area contributed by atoms with Crippen molar-refractivity contribution in [3.05, 3.63) is 164 Å². The van der Waals surface area contributed by atoms with Crippen LogP contribution in [0.25, 0.3) is 66.1 Å². The molecule has 0 radical (unpaired) electrons. The summed E-state index contributed by atoms with van der Waals surface area (Å²) in [5.41, 5.74) is 11.3. The SMILES string of the molecule is c1ccc(-c2ccc(N(c3ccccc3)c3ccc4oc5ccc(-c6cccc7c6oc6ccccc67)cc5c4c3)cc2)cc1. The largest absolute Gasteiger partial charge is 0.456 e. The molecule has 9 rings (SSSR count). The number of furan rings is 2. The monoisotopic (exact) mass is 577 g/mol. The summed E-state index contributed by atoms with van der Waals surface area (Å²) in [6, 6.07) is 57.2. The van der Waals surface area contributed by atoms with Gasteiger partial charge in [-0.1, -0.05) is 103 Å². The molecule has 0 bridgehead atoms. The van der Waals surface area contributed by atoms with E-state index in [1.54, 1.807) is 0 Å². The lowest BCUT2D eigenvalue weighted by Crippen LogP contribution is -2.09. The number of hydrogen-bond donors (Lipinski definition) is 0. The molecule has 0 N–H and O–H groups in total. The molecule has 0 aliphatic rings. The maximum atomic E-state index is 6.37. The van der Waals surface area contributed by atoms with Crippen molar-refractivity contribution in [3.63, 3.8) is 0 Å². The van der Waals surface area contributed by atoms with Crippen LogP contribution in [0.5, 0.6) is 0 Å². The molecule has 7 aromatic carbocycles. The summed E-state index contributed by atoms with van der Waals surface area (Å²) in [7, 11) is 0. The second-order valence-electron chi connectivity index (χ2n) is 11.4. The van der Waals surface area contributed by atoms with E-state index in [0.29, 0.717) is 0 Å². The Labute approximate surface area is 260 Å². The van der Waals surface area contributed by atoms with E-state index in [1.165, 1.54) is 11.1 Å². The molecule has 0 fully saturated rings. The zero-order valence-corrected chi connectivity index (χ0v) is 24.4. The van der Waals surface area contributed by atoms with Crippen molar-refractivity contribution < 1.29 is 8.83 Å². The van der Waals surface area contributed by atoms with Crippen molar-refractivity contribution in [2.45, 2.75) is 0 Å². The van der Waals surface area contributed by atoms with Gasteiger partial charge in [0.2, 0.25) is 0 Å². The van der Waals surface area contributed by atoms with Crippen LogP contribution >= 0.6 is 0 Å². The van der Waals surface area contributed by atoms with Crippen LogP contribution in [0.4, 0.5) is 17.1 Å². The van der Waals surface area contributed by atoms with Gasteiger partial charge in [0.1, 0.15) is 22.3 Å². The first-order chi connectivity index (χ1) is 22.3. The number of anilines is 3. The lowest BCUT2D eigenvalue weighted by molar-refractivity contribution is 0.668. The summed E-state index contributed by atoms with van der Waals surface area (Å²) in [4.78, 5) is 2.30. The highest BCUT2D eigenvalue weighted by Crippen LogP contribution is 2.41. The summed E-state index contributed by atoms with van der Waals surface area (Å²) in [5.74, 6) is 0. The van der Waals surface area contributed by atoms with Gasteiger partial charge in [-0.3, -0.25) is 0 Å². The van der Waals surface area contributed by atoms with Crippen LogP contribution in [0.1, 0.15) is 0 Å². The lowest BCUT2D eigenvalue weighted by atomic mass is 10.00. The Kier molecular flexibility index (Phi) is 5.82. The lowest BCUT2D eigenvalue weighted by Gasteiger charge is -2.25. The molecule has 0 unspecified atom stereocenters. The zero-order chi connectivity index (χ0) is 29.7. The Morgan fingerprint density at radius 3 is 1.73 bits per heavy atom. The normalized spacial score (nSPS) is 11.6. The molecule has 0 aliphatic carbocycles. The molecule has 0 amide bonds. The summed E-state index contributed by atoms with van der Waals surface area (Å²) in [5, 5.41) is 4.40. The van der Waals surface area contributed by atoms with E-state index in [2.05, 4.69) is 150 Å². The standard InChI is InChI=1S/C42H27NO2/c1-3-10-28(11-4-1)29-18-21-32(22-19-29)43(31-12-5-2-6-13-31)33-23-25-41-38(27-33)37-26-30(20-24-40(37)44-41)34-15-9-16-36-35-14-7-8-17-39(35)45-42(34)36/h1-27H. The van der Waals surface area contributed by atoms with Gasteiger partial charge in [0.25, 0.3) is 0 Å². The van der Waals surface area contributed by atoms with Crippen molar-refractivity contribution in [1.82, 2.24) is 0 Å². The average Bonchev–Trinajstić information content (AvgIpc) is 3.67. The minimum absolute atomic E-state index is 0.861. The molecular weight excluding hydrogens is 550 g/mol. The highest BCUT2D eigenvalue weighted by Gasteiger charge is 2.17. The van der Waals surface area contributed by atoms with Crippen LogP contribution < -0.4 is 4.90 Å². The van der Waals surface area contributed by atoms with Crippen molar-refractivity contribution >= 4 is 60.9 Å². The van der Waals surface area contributed by atoms with Gasteiger partial charge < -0.3 is 13.7 Å². The number of benzene rings is 7. The highest BCUT2D eigenvalue weighted by atomic mass is 16.3. The van der Waals surface area contributed by atoms with Crippen LogP contribution in [0, 0.1) is 0 Å². The van der Waals surface area contributed by atoms with Crippen LogP contribution in [0.3, 0.4) is 0 Å². The van der Waals surface area contributed by atoms with E-state index in [4.69, 9.17) is 8.83 Å². The fourth-order valence-electron chi connectivity index (χ4n) is 6.50. The minimum Gasteiger partial charge on any atom is -0.456 e. The zero-order valence-electron chi connectivity index (χ0n) is 24.4. The molecule has 212 valence electrons. The van der Waals surface area contributed by atoms with E-state index in [9.17, 15) is 0 Å². The average molecular weight is 578 g/mol. The Balaban J connectivity index is 1.18. The van der Waals surface area contributed by atoms with Crippen molar-refractivity contribution in [3.8, 4) is 22.3 Å². The Morgan fingerprint density at radius 2 is 0.911 bits per heavy atom. The third-order valence-corrected chi connectivity index (χ3v) is 8.67. The number of nitrogens with zero attached hydrogens (tertiary/aromatic N) is 1. The van der Waals surface area contributed by atoms with Crippen LogP contribution in [0.2, 0.25) is 0 Å². The van der Waals surface area contributed by atoms with E-state index in [-0.39, 0.29) is 0 Å². The third-order valence-electron chi connectivity index (χ3n) is 8.67. The van der Waals surface area contributed by atoms with Crippen LogP contribution in [-0.4, -0.2) is 0 Å². The van der Waals surface area contributed by atoms with Crippen LogP contribution in [-0.2, 0) is 0 Å². The molecule has 2 aromatic heterocycles. The fraction of sp³-hybridized carbons (Fsp3) is 0. The van der Waals surface area contributed by atoms with Gasteiger partial charge in [-0.2, -0.15) is 0 Å². The minimum atomic E-state index is 0.861. The second kappa shape index (κ2) is 10.3. The predicted molar refractivity (Wildman–Crippen MR) is 187 cm³/mol. The first-order valence-electron chi connectivity index (χ1n) is 15.2. The molecule has 0 atom stereocenters. The van der Waals surface area contributed by atoms with Crippen molar-refractivity contribution in [2.24, 2.45) is 0 Å². The number of para-hydroxylation sites is 3. The Bertz CT molecular complexity index is 2470. The summed E-state index contributed by atoms with van der Waals surface area (Å²) in [6.45, 7) is 0. The van der Waals surface area contributed by atoms with Crippen molar-refractivity contribution in [1.29, 1.82) is 0 Å². The number of rotatable bonds is 5. The molecule has 2 heterocycles. The van der Waals surface area contributed by atoms with E-state index >= 15 is 0 Å². The summed E-state index contributed by atoms with van der Waals surface area (Å²) in [6.07, 6.45) is 0. The maximum absolute atomic E-state index is 6.37. The van der Waals surface area contributed by atoms with Gasteiger partial charge in [-0.15, -0.1) is 0 Å². The van der Waals surface area contributed by atoms with Gasteiger partial charge >= 0.3 is 0 Å². The van der Waals surface area contributed by atoms with Gasteiger partial charge in [-0.25, -0.2) is 0 Å². The van der Waals surface area contributed by atoms with E-state index in [1.807, 2.05) is 18.2 Å². The molecule has 45 heavy (non-hydrogen) atoms. The molecule has 3 nitrogen and oxygen atoms in total. The van der Waals surface area contributed by atoms with E-state index < -0.39 is 0 Å². The first kappa shape index (κ1) is 25.4. The maximum Gasteiger partial charge on any atom is 0.143 e. The number of fused-ring (bicyclic) bond motifs is 6. The molecule has 0 saturated carbocycles. The third kappa shape index (κ3) is 4.29. The van der Waals surface area contributed by atoms with Crippen LogP contribution in [0.15, 0.2) is 173 Å². The van der Waals surface area contributed by atoms with Gasteiger partial charge in [-0.05, 0) is 77.4 Å². The predicted octanol–water partition coefficient (Wildman–Crippen LogP) is 12.3. The van der Waals surface area contributed by atoms with E-state index in [0.717, 1.165) is 72.1 Å². The molecule has 0 saturated heterocycles. The first-order valence-corrected chi connectivity index (χ1v) is 15.2. The number of hydrogen-bond acceptors (Lipinski definition) is 3. The Morgan fingerprint density at radius 1 is 0.333 bits per heavy atom. The topological polar surface area (TPSA) is 29.5 Å². The summed E-state index contributed by atoms with van der Waals surface area (Å²) < 4.78 is 12.7. The van der Waals surface area contributed by atoms with Crippen molar-refractivity contribution in [2.75, 3.05) is 4.90 Å².